The molecule has 0 amide bonds. The van der Waals surface area contributed by atoms with Gasteiger partial charge in [-0.3, -0.25) is 9.78 Å². The minimum Gasteiger partial charge on any atom is -0.391 e. The number of allylic oxidation sites excluding steroid dienone is 2. The van der Waals surface area contributed by atoms with Crippen LogP contribution in [0, 0.1) is 18.6 Å². The summed E-state index contributed by atoms with van der Waals surface area (Å²) in [5.74, 6) is -1.34. The minimum absolute atomic E-state index is 0.155. The molecule has 0 aliphatic carbocycles. The summed E-state index contributed by atoms with van der Waals surface area (Å²) in [6, 6.07) is 2.71. The first kappa shape index (κ1) is 17.9. The molecule has 0 saturated carbocycles. The van der Waals surface area contributed by atoms with E-state index in [4.69, 9.17) is 5.11 Å². The third-order valence-corrected chi connectivity index (χ3v) is 3.25. The van der Waals surface area contributed by atoms with Crippen LogP contribution in [0.25, 0.3) is 10.9 Å². The molecule has 1 heterocycles. The molecule has 0 spiro atoms. The smallest absolute Gasteiger partial charge is 0.155 e. The number of carbonyl (C=O) groups excluding carboxylic acids is 1. The van der Waals surface area contributed by atoms with Crippen LogP contribution in [0.5, 0.6) is 0 Å². The quantitative estimate of drug-likeness (QED) is 0.857. The summed E-state index contributed by atoms with van der Waals surface area (Å²) in [5, 5.41) is 9.06. The van der Waals surface area contributed by atoms with Gasteiger partial charge in [-0.25, -0.2) is 8.78 Å². The number of rotatable bonds is 2. The zero-order valence-electron chi connectivity index (χ0n) is 13.1. The molecule has 0 aliphatic heterocycles. The Morgan fingerprint density at radius 2 is 1.95 bits per heavy atom. The Hall–Kier alpha value is -2.14. The molecular weight excluding hydrogens is 288 g/mol. The molecule has 0 atom stereocenters. The predicted octanol–water partition coefficient (Wildman–Crippen LogP) is 3.86. The highest BCUT2D eigenvalue weighted by atomic mass is 19.1. The Labute approximate surface area is 128 Å². The molecular formula is C17H19F2NO2. The Bertz CT molecular complexity index is 724. The molecule has 0 unspecified atom stereocenters. The molecule has 0 radical (unpaired) electrons. The van der Waals surface area contributed by atoms with Crippen molar-refractivity contribution in [2.24, 2.45) is 0 Å². The van der Waals surface area contributed by atoms with E-state index in [1.54, 1.807) is 26.1 Å². The van der Waals surface area contributed by atoms with E-state index in [0.717, 1.165) is 17.2 Å². The molecule has 0 aliphatic rings. The SMILES string of the molecule is C/C=C(\C)C(C)=O.Cc1cnc2cc(F)c(CO)c(F)c2c1. The number of hydrogen-bond acceptors (Lipinski definition) is 3. The van der Waals surface area contributed by atoms with E-state index in [1.807, 2.05) is 19.9 Å². The molecule has 5 heteroatoms. The molecule has 22 heavy (non-hydrogen) atoms. The summed E-state index contributed by atoms with van der Waals surface area (Å²) in [6.45, 7) is 6.35. The molecule has 2 rings (SSSR count). The lowest BCUT2D eigenvalue weighted by molar-refractivity contribution is -0.113. The van der Waals surface area contributed by atoms with Gasteiger partial charge in [-0.2, -0.15) is 0 Å². The van der Waals surface area contributed by atoms with Crippen molar-refractivity contribution in [1.29, 1.82) is 0 Å². The normalized spacial score (nSPS) is 11.1. The highest BCUT2D eigenvalue weighted by molar-refractivity contribution is 5.92. The first-order valence-corrected chi connectivity index (χ1v) is 6.79. The number of carbonyl (C=O) groups is 1. The van der Waals surface area contributed by atoms with Gasteiger partial charge in [0.15, 0.2) is 5.78 Å². The van der Waals surface area contributed by atoms with E-state index in [0.29, 0.717) is 0 Å². The van der Waals surface area contributed by atoms with Gasteiger partial charge in [0, 0.05) is 23.2 Å². The number of Topliss-reactive ketones (excluding diaryl/α,β-unsaturated/α-hetero) is 1. The summed E-state index contributed by atoms with van der Waals surface area (Å²) >= 11 is 0. The second kappa shape index (κ2) is 7.75. The van der Waals surface area contributed by atoms with Crippen LogP contribution in [0.3, 0.4) is 0 Å². The van der Waals surface area contributed by atoms with Crippen molar-refractivity contribution in [2.45, 2.75) is 34.3 Å². The van der Waals surface area contributed by atoms with E-state index < -0.39 is 18.2 Å². The first-order valence-electron chi connectivity index (χ1n) is 6.79. The predicted molar refractivity (Wildman–Crippen MR) is 82.4 cm³/mol. The number of aryl methyl sites for hydroxylation is 1. The summed E-state index contributed by atoms with van der Waals surface area (Å²) in [4.78, 5) is 14.2. The van der Waals surface area contributed by atoms with Crippen LogP contribution in [0.15, 0.2) is 30.0 Å². The third kappa shape index (κ3) is 4.18. The zero-order valence-corrected chi connectivity index (χ0v) is 13.1. The number of hydrogen-bond donors (Lipinski definition) is 1. The van der Waals surface area contributed by atoms with Gasteiger partial charge < -0.3 is 5.11 Å². The van der Waals surface area contributed by atoms with E-state index >= 15 is 0 Å². The van der Waals surface area contributed by atoms with E-state index in [2.05, 4.69) is 4.98 Å². The minimum atomic E-state index is -0.765. The van der Waals surface area contributed by atoms with Gasteiger partial charge in [0.1, 0.15) is 11.6 Å². The van der Waals surface area contributed by atoms with Crippen molar-refractivity contribution in [3.63, 3.8) is 0 Å². The fourth-order valence-corrected chi connectivity index (χ4v) is 1.69. The molecule has 1 aromatic carbocycles. The first-order chi connectivity index (χ1) is 10.3. The summed E-state index contributed by atoms with van der Waals surface area (Å²) in [7, 11) is 0. The van der Waals surface area contributed by atoms with Crippen LogP contribution in [-0.4, -0.2) is 15.9 Å². The van der Waals surface area contributed by atoms with Crippen molar-refractivity contribution in [3.05, 3.63) is 52.7 Å². The maximum atomic E-state index is 13.7. The van der Waals surface area contributed by atoms with Crippen LogP contribution < -0.4 is 0 Å². The van der Waals surface area contributed by atoms with Crippen LogP contribution in [-0.2, 0) is 11.4 Å². The van der Waals surface area contributed by atoms with Crippen molar-refractivity contribution in [2.75, 3.05) is 0 Å². The lowest BCUT2D eigenvalue weighted by atomic mass is 10.1. The van der Waals surface area contributed by atoms with Crippen molar-refractivity contribution < 1.29 is 18.7 Å². The fourth-order valence-electron chi connectivity index (χ4n) is 1.69. The fraction of sp³-hybridized carbons (Fsp3) is 0.294. The molecule has 0 bridgehead atoms. The maximum Gasteiger partial charge on any atom is 0.155 e. The van der Waals surface area contributed by atoms with Gasteiger partial charge >= 0.3 is 0 Å². The highest BCUT2D eigenvalue weighted by Gasteiger charge is 2.13. The standard InChI is InChI=1S/C11H9F2NO.C6H10O/c1-6-2-7-10(14-4-6)3-9(12)8(5-15)11(7)13;1-4-5(2)6(3)7/h2-4,15H,5H2,1H3;4H,1-3H3/b;5-4+. The van der Waals surface area contributed by atoms with Gasteiger partial charge in [-0.05, 0) is 44.9 Å². The highest BCUT2D eigenvalue weighted by Crippen LogP contribution is 2.23. The summed E-state index contributed by atoms with van der Waals surface area (Å²) in [6.07, 6.45) is 3.35. The van der Waals surface area contributed by atoms with Crippen molar-refractivity contribution in [1.82, 2.24) is 4.98 Å². The molecule has 1 N–H and O–H groups in total. The number of nitrogens with zero attached hydrogens (tertiary/aromatic N) is 1. The van der Waals surface area contributed by atoms with Gasteiger partial charge in [-0.15, -0.1) is 0 Å². The lowest BCUT2D eigenvalue weighted by Gasteiger charge is -2.05. The van der Waals surface area contributed by atoms with Crippen molar-refractivity contribution >= 4 is 16.7 Å². The number of halogens is 2. The van der Waals surface area contributed by atoms with Gasteiger partial charge in [-0.1, -0.05) is 6.08 Å². The van der Waals surface area contributed by atoms with Crippen molar-refractivity contribution in [3.8, 4) is 0 Å². The van der Waals surface area contributed by atoms with Crippen LogP contribution >= 0.6 is 0 Å². The Morgan fingerprint density at radius 3 is 2.41 bits per heavy atom. The zero-order chi connectivity index (χ0) is 16.9. The van der Waals surface area contributed by atoms with Gasteiger partial charge in [0.05, 0.1) is 12.1 Å². The Kier molecular flexibility index (Phi) is 6.31. The average molecular weight is 307 g/mol. The maximum absolute atomic E-state index is 13.7. The number of benzene rings is 1. The summed E-state index contributed by atoms with van der Waals surface area (Å²) < 4.78 is 26.9. The Morgan fingerprint density at radius 1 is 1.32 bits per heavy atom. The van der Waals surface area contributed by atoms with Crippen LogP contribution in [0.1, 0.15) is 31.9 Å². The topological polar surface area (TPSA) is 50.2 Å². The van der Waals surface area contributed by atoms with Gasteiger partial charge in [0.2, 0.25) is 0 Å². The lowest BCUT2D eigenvalue weighted by Crippen LogP contribution is -1.98. The number of aromatic nitrogens is 1. The average Bonchev–Trinajstić information content (AvgIpc) is 2.48. The van der Waals surface area contributed by atoms with Crippen LogP contribution in [0.2, 0.25) is 0 Å². The monoisotopic (exact) mass is 307 g/mol. The van der Waals surface area contributed by atoms with E-state index in [-0.39, 0.29) is 22.2 Å². The number of aliphatic hydroxyl groups excluding tert-OH is 1. The second-order valence-electron chi connectivity index (χ2n) is 4.92. The molecule has 0 saturated heterocycles. The molecule has 3 nitrogen and oxygen atoms in total. The molecule has 118 valence electrons. The third-order valence-electron chi connectivity index (χ3n) is 3.25. The molecule has 2 aromatic rings. The number of pyridine rings is 1. The second-order valence-corrected chi connectivity index (χ2v) is 4.92. The van der Waals surface area contributed by atoms with E-state index in [1.165, 1.54) is 0 Å². The van der Waals surface area contributed by atoms with E-state index in [9.17, 15) is 13.6 Å². The Balaban J connectivity index is 0.000000295. The number of ketones is 1. The van der Waals surface area contributed by atoms with Crippen LogP contribution in [0.4, 0.5) is 8.78 Å². The molecule has 0 fully saturated rings. The largest absolute Gasteiger partial charge is 0.391 e. The summed E-state index contributed by atoms with van der Waals surface area (Å²) in [5.41, 5.74) is 1.57. The van der Waals surface area contributed by atoms with Gasteiger partial charge in [0.25, 0.3) is 0 Å². The number of fused-ring (bicyclic) bond motifs is 1. The number of aliphatic hydroxyl groups is 1. The molecule has 1 aromatic heterocycles.